The van der Waals surface area contributed by atoms with E-state index in [1.165, 1.54) is 13.2 Å². The lowest BCUT2D eigenvalue weighted by Crippen LogP contribution is -2.32. The molecule has 0 spiro atoms. The monoisotopic (exact) mass is 262 g/mol. The maximum atomic E-state index is 12.3. The number of hydrogen-bond donors (Lipinski definition) is 1. The quantitative estimate of drug-likeness (QED) is 0.902. The van der Waals surface area contributed by atoms with Crippen LogP contribution in [-0.2, 0) is 6.54 Å². The summed E-state index contributed by atoms with van der Waals surface area (Å²) in [4.78, 5) is 9.32. The molecule has 0 aliphatic carbocycles. The molecule has 2 N–H and O–H groups in total. The number of nitrogens with two attached hydrogens (primary N) is 1. The van der Waals surface area contributed by atoms with E-state index in [9.17, 15) is 13.2 Å². The fourth-order valence-electron chi connectivity index (χ4n) is 1.53. The minimum atomic E-state index is -4.27. The Labute approximate surface area is 104 Å². The number of rotatable bonds is 4. The van der Waals surface area contributed by atoms with Crippen LogP contribution in [-0.4, -0.2) is 29.7 Å². The minimum absolute atomic E-state index is 0.0831. The number of nitrogens with zero attached hydrogens (tertiary/aromatic N) is 3. The first-order valence-corrected chi connectivity index (χ1v) is 5.58. The normalized spacial score (nSPS) is 12.0. The summed E-state index contributed by atoms with van der Waals surface area (Å²) in [6.07, 6.45) is -2.87. The standard InChI is InChI=1S/C11H17F3N4/c1-7(2)10-16-5-9(8(4-15)17-10)18(3)6-11(12,13)14/h5,7H,4,6,15H2,1-3H3. The molecule has 0 bridgehead atoms. The van der Waals surface area contributed by atoms with Gasteiger partial charge in [-0.25, -0.2) is 9.97 Å². The molecule has 18 heavy (non-hydrogen) atoms. The fraction of sp³-hybridized carbons (Fsp3) is 0.636. The average molecular weight is 262 g/mol. The number of halogens is 3. The Balaban J connectivity index is 3.02. The van der Waals surface area contributed by atoms with E-state index in [1.807, 2.05) is 13.8 Å². The van der Waals surface area contributed by atoms with Gasteiger partial charge in [0.25, 0.3) is 0 Å². The first kappa shape index (κ1) is 14.7. The van der Waals surface area contributed by atoms with E-state index in [4.69, 9.17) is 5.73 Å². The third-order valence-electron chi connectivity index (χ3n) is 2.40. The molecule has 1 aromatic rings. The summed E-state index contributed by atoms with van der Waals surface area (Å²) < 4.78 is 37.0. The van der Waals surface area contributed by atoms with E-state index in [0.717, 1.165) is 4.90 Å². The second kappa shape index (κ2) is 5.51. The molecular weight excluding hydrogens is 245 g/mol. The lowest BCUT2D eigenvalue weighted by molar-refractivity contribution is -0.119. The van der Waals surface area contributed by atoms with Gasteiger partial charge in [-0.3, -0.25) is 0 Å². The highest BCUT2D eigenvalue weighted by atomic mass is 19.4. The summed E-state index contributed by atoms with van der Waals surface area (Å²) in [6, 6.07) is 0. The maximum Gasteiger partial charge on any atom is 0.405 e. The van der Waals surface area contributed by atoms with Crippen LogP contribution in [0.2, 0.25) is 0 Å². The maximum absolute atomic E-state index is 12.3. The molecule has 0 saturated carbocycles. The van der Waals surface area contributed by atoms with Crippen molar-refractivity contribution in [3.8, 4) is 0 Å². The van der Waals surface area contributed by atoms with Crippen LogP contribution in [0.4, 0.5) is 18.9 Å². The third kappa shape index (κ3) is 3.83. The molecule has 0 fully saturated rings. The zero-order valence-corrected chi connectivity index (χ0v) is 10.6. The molecule has 0 aromatic carbocycles. The van der Waals surface area contributed by atoms with E-state index in [-0.39, 0.29) is 12.5 Å². The smallest absolute Gasteiger partial charge is 0.363 e. The van der Waals surface area contributed by atoms with Crippen LogP contribution in [0.5, 0.6) is 0 Å². The molecule has 0 saturated heterocycles. The van der Waals surface area contributed by atoms with Crippen molar-refractivity contribution in [3.63, 3.8) is 0 Å². The Kier molecular flexibility index (Phi) is 4.50. The Hall–Kier alpha value is -1.37. The Morgan fingerprint density at radius 3 is 2.44 bits per heavy atom. The van der Waals surface area contributed by atoms with Crippen molar-refractivity contribution in [3.05, 3.63) is 17.7 Å². The first-order chi connectivity index (χ1) is 8.24. The van der Waals surface area contributed by atoms with Gasteiger partial charge in [0, 0.05) is 19.5 Å². The summed E-state index contributed by atoms with van der Waals surface area (Å²) in [5.41, 5.74) is 6.27. The van der Waals surface area contributed by atoms with Crippen molar-refractivity contribution in [2.24, 2.45) is 5.73 Å². The van der Waals surface area contributed by atoms with Gasteiger partial charge in [0.05, 0.1) is 17.6 Å². The van der Waals surface area contributed by atoms with Gasteiger partial charge in [0.15, 0.2) is 0 Å². The van der Waals surface area contributed by atoms with Crippen LogP contribution in [0, 0.1) is 0 Å². The molecule has 1 heterocycles. The van der Waals surface area contributed by atoms with Crippen molar-refractivity contribution in [2.75, 3.05) is 18.5 Å². The lowest BCUT2D eigenvalue weighted by atomic mass is 10.2. The molecule has 1 rings (SSSR count). The number of anilines is 1. The molecule has 102 valence electrons. The van der Waals surface area contributed by atoms with Crippen LogP contribution in [0.3, 0.4) is 0 Å². The van der Waals surface area contributed by atoms with Crippen LogP contribution in [0.1, 0.15) is 31.3 Å². The van der Waals surface area contributed by atoms with Crippen molar-refractivity contribution in [1.82, 2.24) is 9.97 Å². The summed E-state index contributed by atoms with van der Waals surface area (Å²) in [7, 11) is 1.35. The van der Waals surface area contributed by atoms with E-state index in [0.29, 0.717) is 17.2 Å². The first-order valence-electron chi connectivity index (χ1n) is 5.58. The number of alkyl halides is 3. The molecule has 4 nitrogen and oxygen atoms in total. The van der Waals surface area contributed by atoms with Crippen LogP contribution < -0.4 is 10.6 Å². The van der Waals surface area contributed by atoms with Crippen molar-refractivity contribution >= 4 is 5.69 Å². The van der Waals surface area contributed by atoms with E-state index >= 15 is 0 Å². The second-order valence-electron chi connectivity index (χ2n) is 4.39. The van der Waals surface area contributed by atoms with Gasteiger partial charge in [-0.15, -0.1) is 0 Å². The SMILES string of the molecule is CC(C)c1ncc(N(C)CC(F)(F)F)c(CN)n1. The predicted molar refractivity (Wildman–Crippen MR) is 63.3 cm³/mol. The van der Waals surface area contributed by atoms with Gasteiger partial charge in [0.2, 0.25) is 0 Å². The second-order valence-corrected chi connectivity index (χ2v) is 4.39. The van der Waals surface area contributed by atoms with E-state index in [1.54, 1.807) is 0 Å². The number of aromatic nitrogens is 2. The Morgan fingerprint density at radius 1 is 1.39 bits per heavy atom. The van der Waals surface area contributed by atoms with Crippen molar-refractivity contribution in [2.45, 2.75) is 32.5 Å². The van der Waals surface area contributed by atoms with Gasteiger partial charge in [-0.05, 0) is 0 Å². The third-order valence-corrected chi connectivity index (χ3v) is 2.40. The topological polar surface area (TPSA) is 55.0 Å². The number of hydrogen-bond acceptors (Lipinski definition) is 4. The van der Waals surface area contributed by atoms with Crippen molar-refractivity contribution < 1.29 is 13.2 Å². The van der Waals surface area contributed by atoms with Crippen LogP contribution in [0.15, 0.2) is 6.20 Å². The molecule has 1 aromatic heterocycles. The van der Waals surface area contributed by atoms with Gasteiger partial charge in [-0.2, -0.15) is 13.2 Å². The van der Waals surface area contributed by atoms with E-state index in [2.05, 4.69) is 9.97 Å². The Bertz CT molecular complexity index is 404. The average Bonchev–Trinajstić information content (AvgIpc) is 2.25. The van der Waals surface area contributed by atoms with E-state index < -0.39 is 12.7 Å². The van der Waals surface area contributed by atoms with Gasteiger partial charge in [-0.1, -0.05) is 13.8 Å². The summed E-state index contributed by atoms with van der Waals surface area (Å²) in [6.45, 7) is 2.85. The van der Waals surface area contributed by atoms with Gasteiger partial charge in [0.1, 0.15) is 12.4 Å². The zero-order chi connectivity index (χ0) is 13.9. The molecule has 0 aliphatic rings. The lowest BCUT2D eigenvalue weighted by Gasteiger charge is -2.23. The van der Waals surface area contributed by atoms with Gasteiger partial charge >= 0.3 is 6.18 Å². The highest BCUT2D eigenvalue weighted by Crippen LogP contribution is 2.23. The zero-order valence-electron chi connectivity index (χ0n) is 10.6. The fourth-order valence-corrected chi connectivity index (χ4v) is 1.53. The molecule has 0 atom stereocenters. The minimum Gasteiger partial charge on any atom is -0.363 e. The van der Waals surface area contributed by atoms with Crippen molar-refractivity contribution in [1.29, 1.82) is 0 Å². The Morgan fingerprint density at radius 2 is 2.00 bits per heavy atom. The largest absolute Gasteiger partial charge is 0.405 e. The molecule has 0 aliphatic heterocycles. The predicted octanol–water partition coefficient (Wildman–Crippen LogP) is 2.06. The summed E-state index contributed by atoms with van der Waals surface area (Å²) >= 11 is 0. The highest BCUT2D eigenvalue weighted by molar-refractivity contribution is 5.48. The molecule has 0 amide bonds. The highest BCUT2D eigenvalue weighted by Gasteiger charge is 2.30. The molecule has 0 radical (unpaired) electrons. The molecule has 0 unspecified atom stereocenters. The summed E-state index contributed by atoms with van der Waals surface area (Å²) in [5.74, 6) is 0.692. The van der Waals surface area contributed by atoms with Crippen LogP contribution >= 0.6 is 0 Å². The molecular formula is C11H17F3N4. The van der Waals surface area contributed by atoms with Crippen LogP contribution in [0.25, 0.3) is 0 Å². The van der Waals surface area contributed by atoms with Gasteiger partial charge < -0.3 is 10.6 Å². The summed E-state index contributed by atoms with van der Waals surface area (Å²) in [5, 5.41) is 0. The molecule has 7 heteroatoms.